The highest BCUT2D eigenvalue weighted by Crippen LogP contribution is 2.37. The fourth-order valence-electron chi connectivity index (χ4n) is 4.47. The van der Waals surface area contributed by atoms with Crippen LogP contribution in [-0.2, 0) is 22.7 Å². The second-order valence-corrected chi connectivity index (χ2v) is 10.2. The SMILES string of the molecule is O=C(Cn1cc(/C=C2\SC(=O)N(Cc3c(F)cccc3Cl)C2=O)c2ccccc21)Nc1ccc2c(c1)OCO2. The molecular weight excluding hydrogens is 545 g/mol. The summed E-state index contributed by atoms with van der Waals surface area (Å²) in [6, 6.07) is 16.8. The zero-order valence-electron chi connectivity index (χ0n) is 20.1. The van der Waals surface area contributed by atoms with Crippen molar-refractivity contribution in [2.75, 3.05) is 12.1 Å². The molecule has 3 heterocycles. The monoisotopic (exact) mass is 563 g/mol. The second kappa shape index (κ2) is 10.1. The van der Waals surface area contributed by atoms with E-state index in [4.69, 9.17) is 21.1 Å². The molecule has 0 saturated carbocycles. The van der Waals surface area contributed by atoms with Crippen LogP contribution in [0.3, 0.4) is 0 Å². The average molecular weight is 564 g/mol. The van der Waals surface area contributed by atoms with Gasteiger partial charge in [0.25, 0.3) is 11.1 Å². The Hall–Kier alpha value is -4.28. The van der Waals surface area contributed by atoms with Gasteiger partial charge in [-0.3, -0.25) is 19.3 Å². The van der Waals surface area contributed by atoms with Crippen LogP contribution < -0.4 is 14.8 Å². The van der Waals surface area contributed by atoms with E-state index in [1.807, 2.05) is 24.3 Å². The van der Waals surface area contributed by atoms with Crippen molar-refractivity contribution in [3.8, 4) is 11.5 Å². The number of nitrogens with zero attached hydrogens (tertiary/aromatic N) is 2. The van der Waals surface area contributed by atoms with Crippen molar-refractivity contribution >= 4 is 63.1 Å². The molecule has 39 heavy (non-hydrogen) atoms. The van der Waals surface area contributed by atoms with Crippen molar-refractivity contribution in [1.82, 2.24) is 9.47 Å². The maximum absolute atomic E-state index is 14.3. The molecular formula is C28H19ClFN3O5S. The minimum atomic E-state index is -0.590. The van der Waals surface area contributed by atoms with E-state index in [9.17, 15) is 18.8 Å². The minimum Gasteiger partial charge on any atom is -0.454 e. The first-order chi connectivity index (χ1) is 18.9. The summed E-state index contributed by atoms with van der Waals surface area (Å²) >= 11 is 6.87. The number of aromatic nitrogens is 1. The quantitative estimate of drug-likeness (QED) is 0.288. The van der Waals surface area contributed by atoms with Gasteiger partial charge in [0, 0.05) is 45.0 Å². The zero-order chi connectivity index (χ0) is 27.1. The zero-order valence-corrected chi connectivity index (χ0v) is 21.7. The molecule has 1 N–H and O–H groups in total. The standard InChI is InChI=1S/C28H19ClFN3O5S/c29-20-5-3-6-21(30)19(20)13-33-27(35)25(39-28(33)36)10-16-12-32(22-7-2-1-4-18(16)22)14-26(34)31-17-8-9-23-24(11-17)38-15-37-23/h1-12H,13-15H2,(H,31,34)/b25-10-. The Morgan fingerprint density at radius 2 is 1.90 bits per heavy atom. The molecule has 0 spiro atoms. The van der Waals surface area contributed by atoms with Crippen molar-refractivity contribution in [1.29, 1.82) is 0 Å². The van der Waals surface area contributed by atoms with Crippen molar-refractivity contribution in [2.45, 2.75) is 13.1 Å². The van der Waals surface area contributed by atoms with Gasteiger partial charge < -0.3 is 19.4 Å². The number of halogens is 2. The summed E-state index contributed by atoms with van der Waals surface area (Å²) in [6.07, 6.45) is 3.37. The van der Waals surface area contributed by atoms with E-state index in [2.05, 4.69) is 5.32 Å². The third-order valence-corrected chi connectivity index (χ3v) is 7.59. The maximum atomic E-state index is 14.3. The highest BCUT2D eigenvalue weighted by molar-refractivity contribution is 8.18. The van der Waals surface area contributed by atoms with Crippen LogP contribution in [0.25, 0.3) is 17.0 Å². The molecule has 2 aliphatic rings. The van der Waals surface area contributed by atoms with Gasteiger partial charge in [-0.1, -0.05) is 35.9 Å². The number of carbonyl (C=O) groups is 3. The minimum absolute atomic E-state index is 0.00998. The van der Waals surface area contributed by atoms with E-state index >= 15 is 0 Å². The van der Waals surface area contributed by atoms with Gasteiger partial charge in [0.05, 0.1) is 11.4 Å². The summed E-state index contributed by atoms with van der Waals surface area (Å²) in [5.74, 6) is -0.208. The third-order valence-electron chi connectivity index (χ3n) is 6.33. The van der Waals surface area contributed by atoms with Gasteiger partial charge >= 0.3 is 0 Å². The lowest BCUT2D eigenvalue weighted by Gasteiger charge is -2.14. The van der Waals surface area contributed by atoms with E-state index < -0.39 is 17.0 Å². The van der Waals surface area contributed by atoms with Gasteiger partial charge in [0.15, 0.2) is 11.5 Å². The number of rotatable bonds is 6. The molecule has 0 radical (unpaired) electrons. The molecule has 1 fully saturated rings. The van der Waals surface area contributed by atoms with Crippen molar-refractivity contribution in [2.24, 2.45) is 0 Å². The molecule has 3 amide bonds. The predicted octanol–water partition coefficient (Wildman–Crippen LogP) is 6.04. The van der Waals surface area contributed by atoms with Gasteiger partial charge in [-0.25, -0.2) is 4.39 Å². The van der Waals surface area contributed by atoms with Gasteiger partial charge in [-0.05, 0) is 48.2 Å². The fraction of sp³-hybridized carbons (Fsp3) is 0.107. The van der Waals surface area contributed by atoms with Crippen LogP contribution in [0.4, 0.5) is 14.9 Å². The molecule has 0 aliphatic carbocycles. The number of anilines is 1. The Labute approximate surface area is 230 Å². The lowest BCUT2D eigenvalue weighted by molar-refractivity contribution is -0.123. The number of thioether (sulfide) groups is 1. The molecule has 196 valence electrons. The Morgan fingerprint density at radius 3 is 2.74 bits per heavy atom. The topological polar surface area (TPSA) is 89.9 Å². The molecule has 0 unspecified atom stereocenters. The Morgan fingerprint density at radius 1 is 1.08 bits per heavy atom. The van der Waals surface area contributed by atoms with Crippen LogP contribution in [0, 0.1) is 5.82 Å². The van der Waals surface area contributed by atoms with Crippen LogP contribution in [0.2, 0.25) is 5.02 Å². The van der Waals surface area contributed by atoms with Crippen LogP contribution in [-0.4, -0.2) is 33.3 Å². The molecule has 2 aliphatic heterocycles. The highest BCUT2D eigenvalue weighted by Gasteiger charge is 2.36. The predicted molar refractivity (Wildman–Crippen MR) is 146 cm³/mol. The molecule has 1 saturated heterocycles. The largest absolute Gasteiger partial charge is 0.454 e. The molecule has 11 heteroatoms. The number of hydrogen-bond donors (Lipinski definition) is 1. The van der Waals surface area contributed by atoms with Gasteiger partial charge in [-0.2, -0.15) is 0 Å². The van der Waals surface area contributed by atoms with E-state index in [1.165, 1.54) is 18.2 Å². The van der Waals surface area contributed by atoms with Crippen molar-refractivity contribution in [3.63, 3.8) is 0 Å². The normalized spacial score (nSPS) is 15.5. The molecule has 1 aromatic heterocycles. The second-order valence-electron chi connectivity index (χ2n) is 8.81. The Bertz CT molecular complexity index is 1680. The van der Waals surface area contributed by atoms with Crippen LogP contribution in [0.15, 0.2) is 71.8 Å². The number of fused-ring (bicyclic) bond motifs is 2. The summed E-state index contributed by atoms with van der Waals surface area (Å²) in [4.78, 5) is 39.8. The van der Waals surface area contributed by atoms with E-state index in [-0.39, 0.29) is 41.3 Å². The first-order valence-corrected chi connectivity index (χ1v) is 13.0. The van der Waals surface area contributed by atoms with Gasteiger partial charge in [-0.15, -0.1) is 0 Å². The van der Waals surface area contributed by atoms with Crippen molar-refractivity contribution in [3.05, 3.63) is 93.7 Å². The van der Waals surface area contributed by atoms with Gasteiger partial charge in [0.1, 0.15) is 12.4 Å². The third kappa shape index (κ3) is 4.84. The van der Waals surface area contributed by atoms with Gasteiger partial charge in [0.2, 0.25) is 12.7 Å². The molecule has 4 aromatic rings. The first kappa shape index (κ1) is 25.0. The van der Waals surface area contributed by atoms with Crippen LogP contribution >= 0.6 is 23.4 Å². The van der Waals surface area contributed by atoms with Crippen LogP contribution in [0.5, 0.6) is 11.5 Å². The summed E-state index contributed by atoms with van der Waals surface area (Å²) in [6.45, 7) is -0.118. The summed E-state index contributed by atoms with van der Waals surface area (Å²) < 4.78 is 26.7. The number of benzene rings is 3. The number of amides is 3. The molecule has 0 bridgehead atoms. The summed E-state index contributed by atoms with van der Waals surface area (Å²) in [5.41, 5.74) is 2.09. The molecule has 8 nitrogen and oxygen atoms in total. The number of hydrogen-bond acceptors (Lipinski definition) is 6. The van der Waals surface area contributed by atoms with Crippen molar-refractivity contribution < 1.29 is 28.2 Å². The number of carbonyl (C=O) groups excluding carboxylic acids is 3. The number of imide groups is 1. The number of para-hydroxylation sites is 1. The molecule has 3 aromatic carbocycles. The fourth-order valence-corrected chi connectivity index (χ4v) is 5.52. The van der Waals surface area contributed by atoms with Crippen LogP contribution in [0.1, 0.15) is 11.1 Å². The number of nitrogens with one attached hydrogen (secondary N) is 1. The molecule has 0 atom stereocenters. The number of ether oxygens (including phenoxy) is 2. The highest BCUT2D eigenvalue weighted by atomic mass is 35.5. The lowest BCUT2D eigenvalue weighted by Crippen LogP contribution is -2.28. The van der Waals surface area contributed by atoms with E-state index in [1.54, 1.807) is 35.0 Å². The summed E-state index contributed by atoms with van der Waals surface area (Å²) in [7, 11) is 0. The van der Waals surface area contributed by atoms with E-state index in [0.717, 1.165) is 27.6 Å². The first-order valence-electron chi connectivity index (χ1n) is 11.8. The summed E-state index contributed by atoms with van der Waals surface area (Å²) in [5, 5.41) is 3.28. The molecule has 6 rings (SSSR count). The van der Waals surface area contributed by atoms with E-state index in [0.29, 0.717) is 22.7 Å². The smallest absolute Gasteiger partial charge is 0.293 e. The Kier molecular flexibility index (Phi) is 6.49. The average Bonchev–Trinajstić information content (AvgIpc) is 3.59. The lowest BCUT2D eigenvalue weighted by atomic mass is 10.1. The maximum Gasteiger partial charge on any atom is 0.293 e. The Balaban J connectivity index is 1.24.